The smallest absolute Gasteiger partial charge is 0.780 e. The molecule has 0 amide bonds. The third-order valence-corrected chi connectivity index (χ3v) is 0. The van der Waals surface area contributed by atoms with Gasteiger partial charge in [0, 0.05) is 0 Å². The molecule has 0 unspecified atom stereocenters. The maximum absolute atomic E-state index is 8.89. The predicted molar refractivity (Wildman–Crippen MR) is 38.7 cm³/mol. The molecule has 0 spiro atoms. The Morgan fingerprint density at radius 3 is 0.833 bits per heavy atom. The van der Waals surface area contributed by atoms with Gasteiger partial charge in [0.15, 0.2) is 0 Å². The van der Waals surface area contributed by atoms with Crippen molar-refractivity contribution in [1.29, 1.82) is 0 Å². The van der Waals surface area contributed by atoms with Crippen LogP contribution in [0, 0.1) is 0 Å². The Kier molecular flexibility index (Phi) is 183. The first-order valence-corrected chi connectivity index (χ1v) is 3.00. The Balaban J connectivity index is -0.00000000381. The Morgan fingerprint density at radius 1 is 0.833 bits per heavy atom. The summed E-state index contributed by atoms with van der Waals surface area (Å²) in [5.74, 6) is 0. The summed E-state index contributed by atoms with van der Waals surface area (Å²) in [5, 5.41) is 0. The fourth-order valence-electron chi connectivity index (χ4n) is 0. The van der Waals surface area contributed by atoms with Gasteiger partial charge in [0.1, 0.15) is 0 Å². The second-order valence-corrected chi connectivity index (χ2v) is 2.45. The van der Waals surface area contributed by atoms with Gasteiger partial charge in [-0.15, -0.1) is 9.05 Å². The molecule has 12 heavy (non-hydrogen) atoms. The van der Waals surface area contributed by atoms with E-state index in [1.165, 1.54) is 0 Å². The third-order valence-electron chi connectivity index (χ3n) is 0. The monoisotopic (exact) mass is 243 g/mol. The standard InChI is InChI=1S/Na.H2O3S2.6H2O/c;1-5(2,3)4;;;;;;/h;(H2,1,2,3,4);6*1H2/q+1;;;;;;;/p-2. The molecule has 12 N–H and O–H groups in total. The fourth-order valence-corrected chi connectivity index (χ4v) is 0. The van der Waals surface area contributed by atoms with Crippen LogP contribution in [0.15, 0.2) is 0 Å². The van der Waals surface area contributed by atoms with E-state index in [1.807, 2.05) is 0 Å². The van der Waals surface area contributed by atoms with E-state index in [9.17, 15) is 0 Å². The summed E-state index contributed by atoms with van der Waals surface area (Å²) in [6.07, 6.45) is 0. The van der Waals surface area contributed by atoms with Gasteiger partial charge in [0.05, 0.1) is 0 Å². The SMILES string of the molecule is O.O.O.O.O.O.O=S([O-])([O-])=S.[Na+]. The molecule has 0 aromatic carbocycles. The van der Waals surface area contributed by atoms with Gasteiger partial charge in [0.25, 0.3) is 0 Å². The summed E-state index contributed by atoms with van der Waals surface area (Å²) in [5.41, 5.74) is 0. The first-order chi connectivity index (χ1) is 2.00. The summed E-state index contributed by atoms with van der Waals surface area (Å²) < 4.78 is 26.7. The van der Waals surface area contributed by atoms with Crippen molar-refractivity contribution >= 4 is 20.2 Å². The van der Waals surface area contributed by atoms with Crippen LogP contribution in [-0.4, -0.2) is 46.2 Å². The van der Waals surface area contributed by atoms with Crippen molar-refractivity contribution < 1.29 is 75.7 Å². The Morgan fingerprint density at radius 2 is 0.833 bits per heavy atom. The van der Waals surface area contributed by atoms with Gasteiger partial charge >= 0.3 is 29.6 Å². The zero-order valence-electron chi connectivity index (χ0n) is 6.04. The third kappa shape index (κ3) is 1010. The van der Waals surface area contributed by atoms with Crippen molar-refractivity contribution in [3.8, 4) is 0 Å². The van der Waals surface area contributed by atoms with Gasteiger partial charge in [-0.1, -0.05) is 0 Å². The maximum atomic E-state index is 8.89. The van der Waals surface area contributed by atoms with Crippen molar-refractivity contribution in [1.82, 2.24) is 0 Å². The Hall–Kier alpha value is 1.05. The molecule has 0 aromatic rings. The van der Waals surface area contributed by atoms with Crippen LogP contribution >= 0.6 is 0 Å². The van der Waals surface area contributed by atoms with Crippen LogP contribution in [0.3, 0.4) is 0 Å². The van der Waals surface area contributed by atoms with E-state index in [4.69, 9.17) is 13.3 Å². The van der Waals surface area contributed by atoms with Crippen LogP contribution in [0.1, 0.15) is 0 Å². The van der Waals surface area contributed by atoms with Crippen molar-refractivity contribution in [2.45, 2.75) is 0 Å². The van der Waals surface area contributed by atoms with E-state index in [0.717, 1.165) is 0 Å². The minimum atomic E-state index is -4.33. The van der Waals surface area contributed by atoms with Crippen LogP contribution in [0.5, 0.6) is 0 Å². The zero-order valence-corrected chi connectivity index (χ0v) is 9.67. The molecular formula is H12NaO9S2-. The molecular weight excluding hydrogens is 231 g/mol. The summed E-state index contributed by atoms with van der Waals surface area (Å²) in [4.78, 5) is 0. The van der Waals surface area contributed by atoms with E-state index >= 15 is 0 Å². The summed E-state index contributed by atoms with van der Waals surface area (Å²) in [6.45, 7) is 0. The van der Waals surface area contributed by atoms with E-state index in [1.54, 1.807) is 0 Å². The van der Waals surface area contributed by atoms with Gasteiger partial charge in [-0.05, 0) is 11.2 Å². The molecule has 0 aromatic heterocycles. The van der Waals surface area contributed by atoms with Crippen molar-refractivity contribution in [3.63, 3.8) is 0 Å². The molecule has 0 aliphatic heterocycles. The van der Waals surface area contributed by atoms with E-state index in [2.05, 4.69) is 11.2 Å². The average Bonchev–Trinajstić information content (AvgIpc) is 0.722. The van der Waals surface area contributed by atoms with Crippen LogP contribution in [0.4, 0.5) is 0 Å². The average molecular weight is 243 g/mol. The van der Waals surface area contributed by atoms with Crippen LogP contribution in [0.2, 0.25) is 0 Å². The first-order valence-electron chi connectivity index (χ1n) is 0.667. The summed E-state index contributed by atoms with van der Waals surface area (Å²) in [7, 11) is -4.33. The fraction of sp³-hybridized carbons (Fsp3) is 0. The molecule has 0 radical (unpaired) electrons. The van der Waals surface area contributed by atoms with Crippen molar-refractivity contribution in [2.75, 3.05) is 0 Å². The second-order valence-electron chi connectivity index (χ2n) is 0.408. The van der Waals surface area contributed by atoms with E-state index in [-0.39, 0.29) is 62.4 Å². The van der Waals surface area contributed by atoms with Gasteiger partial charge in [-0.2, -0.15) is 0 Å². The topological polar surface area (TPSA) is 252 Å². The number of hydrogen-bond donors (Lipinski definition) is 0. The number of hydrogen-bond acceptors (Lipinski definition) is 4. The molecule has 12 heteroatoms. The second kappa shape index (κ2) is 29.6. The molecule has 0 heterocycles. The minimum Gasteiger partial charge on any atom is -0.780 e. The Bertz CT molecular complexity index is 95.7. The van der Waals surface area contributed by atoms with Crippen molar-refractivity contribution in [3.05, 3.63) is 0 Å². The molecule has 0 atom stereocenters. The van der Waals surface area contributed by atoms with Crippen LogP contribution in [-0.2, 0) is 20.2 Å². The van der Waals surface area contributed by atoms with E-state index in [0.29, 0.717) is 0 Å². The molecule has 80 valence electrons. The zero-order chi connectivity index (χ0) is 4.50. The largest absolute Gasteiger partial charge is 1.00 e. The normalized spacial score (nSPS) is 4.83. The van der Waals surface area contributed by atoms with Gasteiger partial charge in [-0.25, -0.2) is 0 Å². The quantitative estimate of drug-likeness (QED) is 0.375. The molecule has 0 aliphatic rings. The Labute approximate surface area is 95.6 Å². The molecule has 0 bridgehead atoms. The molecule has 9 nitrogen and oxygen atoms in total. The van der Waals surface area contributed by atoms with Crippen molar-refractivity contribution in [2.24, 2.45) is 0 Å². The van der Waals surface area contributed by atoms with E-state index < -0.39 is 9.05 Å². The summed E-state index contributed by atoms with van der Waals surface area (Å²) in [6, 6.07) is 0. The maximum Gasteiger partial charge on any atom is 1.00 e. The first kappa shape index (κ1) is 74.3. The van der Waals surface area contributed by atoms with Gasteiger partial charge in [-0.3, -0.25) is 4.21 Å². The summed E-state index contributed by atoms with van der Waals surface area (Å²) >= 11 is 3.24. The molecule has 0 saturated carbocycles. The van der Waals surface area contributed by atoms with Gasteiger partial charge in [0.2, 0.25) is 0 Å². The van der Waals surface area contributed by atoms with Crippen LogP contribution in [0.25, 0.3) is 0 Å². The molecule has 0 saturated heterocycles. The number of rotatable bonds is 0. The molecule has 0 rings (SSSR count). The van der Waals surface area contributed by atoms with Gasteiger partial charge < -0.3 is 42.0 Å². The molecule has 0 aliphatic carbocycles. The predicted octanol–water partition coefficient (Wildman–Crippen LogP) is -8.95. The van der Waals surface area contributed by atoms with Crippen LogP contribution < -0.4 is 29.6 Å². The minimum absolute atomic E-state index is 0. The molecule has 0 fully saturated rings.